The molecule has 0 aromatic heterocycles. The second kappa shape index (κ2) is 10.0. The van der Waals surface area contributed by atoms with Crippen LogP contribution in [0, 0.1) is 0 Å². The number of Topliss-reactive ketones (excluding diaryl/α,β-unsaturated/α-hetero) is 1. The standard InChI is InChI=1S/C23H33N3O3/c1-17(2)24-22(28)16-25-11-13-26(14-12-25)23(29)10-9-21(27)20-8-7-18-5-3-4-6-19(18)15-20/h7-8,15,17H,3-6,9-14,16H2,1-2H3,(H,24,28). The lowest BCUT2D eigenvalue weighted by molar-refractivity contribution is -0.133. The summed E-state index contributed by atoms with van der Waals surface area (Å²) in [6.45, 7) is 6.87. The molecule has 1 saturated heterocycles. The first-order chi connectivity index (χ1) is 13.9. The van der Waals surface area contributed by atoms with Gasteiger partial charge in [0.15, 0.2) is 5.78 Å². The molecule has 1 aromatic carbocycles. The van der Waals surface area contributed by atoms with Gasteiger partial charge in [-0.2, -0.15) is 0 Å². The van der Waals surface area contributed by atoms with Crippen LogP contribution in [0.2, 0.25) is 0 Å². The van der Waals surface area contributed by atoms with Crippen LogP contribution in [-0.2, 0) is 22.4 Å². The molecular formula is C23H33N3O3. The Morgan fingerprint density at radius 2 is 1.66 bits per heavy atom. The van der Waals surface area contributed by atoms with Gasteiger partial charge < -0.3 is 10.2 Å². The molecule has 6 heteroatoms. The maximum Gasteiger partial charge on any atom is 0.234 e. The maximum atomic E-state index is 12.6. The molecule has 0 atom stereocenters. The Morgan fingerprint density at radius 3 is 2.34 bits per heavy atom. The second-order valence-corrected chi connectivity index (χ2v) is 8.49. The molecule has 1 aliphatic carbocycles. The van der Waals surface area contributed by atoms with Gasteiger partial charge in [0.25, 0.3) is 0 Å². The van der Waals surface area contributed by atoms with Gasteiger partial charge in [0.05, 0.1) is 6.54 Å². The van der Waals surface area contributed by atoms with E-state index in [1.165, 1.54) is 24.0 Å². The van der Waals surface area contributed by atoms with Gasteiger partial charge in [-0.3, -0.25) is 19.3 Å². The Balaban J connectivity index is 1.42. The summed E-state index contributed by atoms with van der Waals surface area (Å²) in [6, 6.07) is 6.16. The number of benzene rings is 1. The van der Waals surface area contributed by atoms with Gasteiger partial charge in [-0.1, -0.05) is 12.1 Å². The zero-order chi connectivity index (χ0) is 20.8. The topological polar surface area (TPSA) is 69.7 Å². The van der Waals surface area contributed by atoms with E-state index in [0.717, 1.165) is 18.4 Å². The van der Waals surface area contributed by atoms with Crippen molar-refractivity contribution in [2.45, 2.75) is 58.4 Å². The molecule has 6 nitrogen and oxygen atoms in total. The maximum absolute atomic E-state index is 12.6. The van der Waals surface area contributed by atoms with Crippen LogP contribution in [0.3, 0.4) is 0 Å². The number of fused-ring (bicyclic) bond motifs is 1. The number of piperazine rings is 1. The number of carbonyl (C=O) groups excluding carboxylic acids is 3. The van der Waals surface area contributed by atoms with Gasteiger partial charge in [-0.15, -0.1) is 0 Å². The summed E-state index contributed by atoms with van der Waals surface area (Å²) in [7, 11) is 0. The number of hydrogen-bond donors (Lipinski definition) is 1. The molecule has 3 rings (SSSR count). The van der Waals surface area contributed by atoms with Crippen molar-refractivity contribution in [3.63, 3.8) is 0 Å². The van der Waals surface area contributed by atoms with Gasteiger partial charge in [0.2, 0.25) is 11.8 Å². The predicted molar refractivity (Wildman–Crippen MR) is 113 cm³/mol. The normalized spacial score (nSPS) is 17.1. The third-order valence-corrected chi connectivity index (χ3v) is 5.78. The van der Waals surface area contributed by atoms with E-state index in [-0.39, 0.29) is 36.5 Å². The summed E-state index contributed by atoms with van der Waals surface area (Å²) in [5.41, 5.74) is 3.40. The van der Waals surface area contributed by atoms with Crippen LogP contribution in [0.1, 0.15) is 61.0 Å². The quantitative estimate of drug-likeness (QED) is 0.714. The molecule has 1 heterocycles. The van der Waals surface area contributed by atoms with Crippen LogP contribution >= 0.6 is 0 Å². The first kappa shape index (κ1) is 21.5. The number of nitrogens with one attached hydrogen (secondary N) is 1. The summed E-state index contributed by atoms with van der Waals surface area (Å²) in [5.74, 6) is 0.105. The van der Waals surface area contributed by atoms with Crippen LogP contribution in [0.5, 0.6) is 0 Å². The first-order valence-corrected chi connectivity index (χ1v) is 10.9. The average molecular weight is 400 g/mol. The van der Waals surface area contributed by atoms with Crippen LogP contribution in [0.15, 0.2) is 18.2 Å². The van der Waals surface area contributed by atoms with Crippen molar-refractivity contribution in [3.8, 4) is 0 Å². The molecule has 1 aromatic rings. The summed E-state index contributed by atoms with van der Waals surface area (Å²) < 4.78 is 0. The average Bonchev–Trinajstić information content (AvgIpc) is 2.71. The molecule has 0 spiro atoms. The Labute approximate surface area is 173 Å². The van der Waals surface area contributed by atoms with Gasteiger partial charge in [0.1, 0.15) is 0 Å². The Bertz CT molecular complexity index is 752. The van der Waals surface area contributed by atoms with Crippen LogP contribution in [-0.4, -0.2) is 66.2 Å². The third kappa shape index (κ3) is 6.13. The molecule has 2 aliphatic rings. The minimum absolute atomic E-state index is 0.0235. The van der Waals surface area contributed by atoms with Crippen LogP contribution < -0.4 is 5.32 Å². The number of hydrogen-bond acceptors (Lipinski definition) is 4. The summed E-state index contributed by atoms with van der Waals surface area (Å²) in [5, 5.41) is 2.89. The zero-order valence-electron chi connectivity index (χ0n) is 17.7. The van der Waals surface area contributed by atoms with Gasteiger partial charge in [-0.05, 0) is 56.7 Å². The molecular weight excluding hydrogens is 366 g/mol. The third-order valence-electron chi connectivity index (χ3n) is 5.78. The molecule has 0 bridgehead atoms. The monoisotopic (exact) mass is 399 g/mol. The van der Waals surface area contributed by atoms with E-state index in [0.29, 0.717) is 32.7 Å². The minimum Gasteiger partial charge on any atom is -0.353 e. The first-order valence-electron chi connectivity index (χ1n) is 10.9. The highest BCUT2D eigenvalue weighted by Crippen LogP contribution is 2.23. The number of ketones is 1. The summed E-state index contributed by atoms with van der Waals surface area (Å²) in [6.07, 6.45) is 5.08. The highest BCUT2D eigenvalue weighted by molar-refractivity contribution is 5.98. The van der Waals surface area contributed by atoms with E-state index in [1.54, 1.807) is 0 Å². The van der Waals surface area contributed by atoms with Crippen molar-refractivity contribution in [1.29, 1.82) is 0 Å². The minimum atomic E-state index is 0.0235. The van der Waals surface area contributed by atoms with Gasteiger partial charge >= 0.3 is 0 Å². The number of amides is 2. The summed E-state index contributed by atoms with van der Waals surface area (Å²) >= 11 is 0. The largest absolute Gasteiger partial charge is 0.353 e. The molecule has 1 fully saturated rings. The molecule has 158 valence electrons. The van der Waals surface area contributed by atoms with Crippen LogP contribution in [0.25, 0.3) is 0 Å². The number of carbonyl (C=O) groups is 3. The molecule has 1 aliphatic heterocycles. The lowest BCUT2D eigenvalue weighted by atomic mass is 9.89. The number of aryl methyl sites for hydroxylation is 2. The van der Waals surface area contributed by atoms with E-state index >= 15 is 0 Å². The molecule has 0 saturated carbocycles. The summed E-state index contributed by atoms with van der Waals surface area (Å²) in [4.78, 5) is 40.8. The molecule has 29 heavy (non-hydrogen) atoms. The van der Waals surface area contributed by atoms with E-state index < -0.39 is 0 Å². The Kier molecular flexibility index (Phi) is 7.42. The lowest BCUT2D eigenvalue weighted by Gasteiger charge is -2.34. The van der Waals surface area contributed by atoms with E-state index in [2.05, 4.69) is 16.3 Å². The van der Waals surface area contributed by atoms with Crippen molar-refractivity contribution >= 4 is 17.6 Å². The van der Waals surface area contributed by atoms with Crippen LogP contribution in [0.4, 0.5) is 0 Å². The highest BCUT2D eigenvalue weighted by atomic mass is 16.2. The Morgan fingerprint density at radius 1 is 0.966 bits per heavy atom. The SMILES string of the molecule is CC(C)NC(=O)CN1CCN(C(=O)CCC(=O)c2ccc3c(c2)CCCC3)CC1. The van der Waals surface area contributed by atoms with Crippen molar-refractivity contribution in [1.82, 2.24) is 15.1 Å². The fraction of sp³-hybridized carbons (Fsp3) is 0.609. The fourth-order valence-corrected chi connectivity index (χ4v) is 4.16. The smallest absolute Gasteiger partial charge is 0.234 e. The number of nitrogens with zero attached hydrogens (tertiary/aromatic N) is 2. The zero-order valence-corrected chi connectivity index (χ0v) is 17.7. The predicted octanol–water partition coefficient (Wildman–Crippen LogP) is 2.20. The Hall–Kier alpha value is -2.21. The number of rotatable bonds is 7. The second-order valence-electron chi connectivity index (χ2n) is 8.49. The molecule has 0 radical (unpaired) electrons. The molecule has 0 unspecified atom stereocenters. The highest BCUT2D eigenvalue weighted by Gasteiger charge is 2.23. The van der Waals surface area contributed by atoms with Crippen molar-refractivity contribution in [2.24, 2.45) is 0 Å². The van der Waals surface area contributed by atoms with Crippen molar-refractivity contribution in [2.75, 3.05) is 32.7 Å². The fourth-order valence-electron chi connectivity index (χ4n) is 4.16. The van der Waals surface area contributed by atoms with E-state index in [1.807, 2.05) is 30.9 Å². The molecule has 2 amide bonds. The van der Waals surface area contributed by atoms with Gasteiger partial charge in [-0.25, -0.2) is 0 Å². The van der Waals surface area contributed by atoms with E-state index in [4.69, 9.17) is 0 Å². The van der Waals surface area contributed by atoms with Crippen molar-refractivity contribution < 1.29 is 14.4 Å². The van der Waals surface area contributed by atoms with E-state index in [9.17, 15) is 14.4 Å². The van der Waals surface area contributed by atoms with Crippen molar-refractivity contribution in [3.05, 3.63) is 34.9 Å². The lowest BCUT2D eigenvalue weighted by Crippen LogP contribution is -2.51. The van der Waals surface area contributed by atoms with Gasteiger partial charge in [0, 0.05) is 50.6 Å². The molecule has 1 N–H and O–H groups in total.